The van der Waals surface area contributed by atoms with Crippen LogP contribution in [-0.2, 0) is 18.1 Å². The van der Waals surface area contributed by atoms with Gasteiger partial charge in [0, 0.05) is 6.10 Å². The van der Waals surface area contributed by atoms with Crippen molar-refractivity contribution >= 4 is 30.9 Å². The van der Waals surface area contributed by atoms with E-state index in [1.165, 1.54) is 50.7 Å². The van der Waals surface area contributed by atoms with Gasteiger partial charge in [-0.05, 0) is 156 Å². The summed E-state index contributed by atoms with van der Waals surface area (Å²) in [6.45, 7) is 30.1. The molecule has 4 unspecified atom stereocenters. The van der Waals surface area contributed by atoms with Gasteiger partial charge in [0.1, 0.15) is 5.76 Å². The van der Waals surface area contributed by atoms with Gasteiger partial charge in [-0.1, -0.05) is 46.1 Å². The summed E-state index contributed by atoms with van der Waals surface area (Å²) in [7, 11) is -5.19. The molecule has 0 amide bonds. The molecule has 0 spiro atoms. The van der Waals surface area contributed by atoms with Gasteiger partial charge in [-0.15, -0.1) is 0 Å². The molecule has 43 heavy (non-hydrogen) atoms. The van der Waals surface area contributed by atoms with Crippen molar-refractivity contribution in [3.8, 4) is 0 Å². The van der Waals surface area contributed by atoms with Crippen LogP contribution in [0.1, 0.15) is 91.9 Å². The van der Waals surface area contributed by atoms with E-state index in [1.54, 1.807) is 11.1 Å². The van der Waals surface area contributed by atoms with E-state index >= 15 is 0 Å². The van der Waals surface area contributed by atoms with E-state index in [4.69, 9.17) is 13.3 Å². The lowest BCUT2D eigenvalue weighted by atomic mass is 9.49. The number of hydrogen-bond acceptors (Lipinski definition) is 4. The fraction of sp³-hybridized carbons (Fsp3) is 0.861. The standard InChI is InChI=1S/C36H66O4Si3/c1-25(15-14-16-26(2)34(37)40-43(11,12)13)29-17-18-30-33-31(20-22-36(29,30)4)35(3)21-19-28(38-41(5,6)7)23-27(35)24-32(33)39-42(8,9)10/h24-26,28-31H,14-23H2,1-13H3/t25?,26?,28-,29+,30?,31?,35-,36+/m0/s1. The second-order valence-corrected chi connectivity index (χ2v) is 31.7. The van der Waals surface area contributed by atoms with Crippen LogP contribution in [0.15, 0.2) is 23.0 Å². The lowest BCUT2D eigenvalue weighted by Crippen LogP contribution is -2.48. The van der Waals surface area contributed by atoms with E-state index in [-0.39, 0.29) is 17.3 Å². The minimum atomic E-state index is -1.83. The maximum atomic E-state index is 12.6. The molecule has 0 radical (unpaired) electrons. The van der Waals surface area contributed by atoms with E-state index in [2.05, 4.69) is 92.7 Å². The van der Waals surface area contributed by atoms with E-state index < -0.39 is 25.0 Å². The van der Waals surface area contributed by atoms with Crippen LogP contribution in [0, 0.1) is 40.4 Å². The highest BCUT2D eigenvalue weighted by molar-refractivity contribution is 6.71. The third-order valence-corrected chi connectivity index (χ3v) is 14.1. The third-order valence-electron chi connectivity index (χ3n) is 11.4. The molecule has 3 fully saturated rings. The average Bonchev–Trinajstić information content (AvgIpc) is 3.19. The number of hydrogen-bond donors (Lipinski definition) is 0. The van der Waals surface area contributed by atoms with Crippen LogP contribution in [-0.4, -0.2) is 37.0 Å². The van der Waals surface area contributed by atoms with Crippen LogP contribution in [0.2, 0.25) is 58.9 Å². The molecule has 0 bridgehead atoms. The van der Waals surface area contributed by atoms with Crippen LogP contribution < -0.4 is 0 Å². The monoisotopic (exact) mass is 646 g/mol. The zero-order valence-corrected chi connectivity index (χ0v) is 33.2. The van der Waals surface area contributed by atoms with Crippen LogP contribution in [0.25, 0.3) is 0 Å². The molecule has 0 N–H and O–H groups in total. The molecule has 7 heteroatoms. The first-order valence-corrected chi connectivity index (χ1v) is 27.9. The fourth-order valence-electron chi connectivity index (χ4n) is 9.48. The number of carbonyl (C=O) groups is 1. The van der Waals surface area contributed by atoms with Crippen molar-refractivity contribution in [1.82, 2.24) is 0 Å². The second kappa shape index (κ2) is 12.5. The Kier molecular flexibility index (Phi) is 10.3. The first-order chi connectivity index (χ1) is 19.6. The van der Waals surface area contributed by atoms with Crippen molar-refractivity contribution in [1.29, 1.82) is 0 Å². The van der Waals surface area contributed by atoms with Crippen molar-refractivity contribution in [3.05, 3.63) is 23.0 Å². The maximum Gasteiger partial charge on any atom is 0.295 e. The van der Waals surface area contributed by atoms with Crippen LogP contribution in [0.3, 0.4) is 0 Å². The lowest BCUT2D eigenvalue weighted by Gasteiger charge is -2.56. The summed E-state index contributed by atoms with van der Waals surface area (Å²) in [5, 5.41) is 0. The molecule has 0 aromatic rings. The highest BCUT2D eigenvalue weighted by atomic mass is 28.4. The Bertz CT molecular complexity index is 1090. The number of carbonyl (C=O) groups excluding carboxylic acids is 1. The number of allylic oxidation sites excluding steroid dienone is 2. The van der Waals surface area contributed by atoms with Gasteiger partial charge >= 0.3 is 0 Å². The molecule has 4 aliphatic rings. The van der Waals surface area contributed by atoms with E-state index in [9.17, 15) is 4.79 Å². The normalized spacial score (nSPS) is 34.5. The average molecular weight is 647 g/mol. The molecule has 0 aliphatic heterocycles. The van der Waals surface area contributed by atoms with Gasteiger partial charge < -0.3 is 13.3 Å². The number of rotatable bonds is 11. The molecule has 4 nitrogen and oxygen atoms in total. The summed E-state index contributed by atoms with van der Waals surface area (Å²) in [6, 6.07) is 0. The van der Waals surface area contributed by atoms with Gasteiger partial charge in [-0.2, -0.15) is 0 Å². The highest BCUT2D eigenvalue weighted by Crippen LogP contribution is 2.67. The first-order valence-electron chi connectivity index (χ1n) is 17.7. The van der Waals surface area contributed by atoms with Crippen molar-refractivity contribution in [3.63, 3.8) is 0 Å². The highest BCUT2D eigenvalue weighted by Gasteiger charge is 2.58. The predicted octanol–water partition coefficient (Wildman–Crippen LogP) is 10.7. The smallest absolute Gasteiger partial charge is 0.295 e. The molecular weight excluding hydrogens is 581 g/mol. The fourth-order valence-corrected chi connectivity index (χ4v) is 12.3. The largest absolute Gasteiger partial charge is 0.544 e. The lowest BCUT2D eigenvalue weighted by molar-refractivity contribution is -0.139. The molecule has 8 atom stereocenters. The van der Waals surface area contributed by atoms with Gasteiger partial charge in [0.15, 0.2) is 8.32 Å². The first kappa shape index (κ1) is 35.2. The topological polar surface area (TPSA) is 44.8 Å². The Balaban J connectivity index is 1.54. The second-order valence-electron chi connectivity index (χ2n) is 18.4. The molecule has 0 aromatic carbocycles. The van der Waals surface area contributed by atoms with Gasteiger partial charge in [-0.3, -0.25) is 4.79 Å². The number of fused-ring (bicyclic) bond motifs is 5. The zero-order valence-electron chi connectivity index (χ0n) is 30.2. The summed E-state index contributed by atoms with van der Waals surface area (Å²) in [4.78, 5) is 12.6. The summed E-state index contributed by atoms with van der Waals surface area (Å²) >= 11 is 0. The van der Waals surface area contributed by atoms with Crippen LogP contribution in [0.4, 0.5) is 0 Å². The van der Waals surface area contributed by atoms with Crippen LogP contribution >= 0.6 is 0 Å². The molecule has 4 rings (SSSR count). The SMILES string of the molecule is CC(CCCC(C)[C@H]1CCC2C3=C(O[Si](C)(C)C)C=C4C[C@@H](O[Si](C)(C)C)CC[C@]4(C)C3CC[C@@]21C)C(=O)O[Si](C)(C)C. The van der Waals surface area contributed by atoms with Crippen molar-refractivity contribution in [2.45, 2.75) is 157 Å². The summed E-state index contributed by atoms with van der Waals surface area (Å²) in [6.07, 6.45) is 14.9. The Morgan fingerprint density at radius 1 is 0.860 bits per heavy atom. The Morgan fingerprint density at radius 3 is 2.14 bits per heavy atom. The Hall–Kier alpha value is -0.639. The molecule has 0 aromatic heterocycles. The minimum absolute atomic E-state index is 0.00269. The quantitative estimate of drug-likeness (QED) is 0.210. The van der Waals surface area contributed by atoms with Gasteiger partial charge in [-0.25, -0.2) is 0 Å². The molecule has 0 heterocycles. The minimum Gasteiger partial charge on any atom is -0.544 e. The van der Waals surface area contributed by atoms with Gasteiger partial charge in [0.25, 0.3) is 5.97 Å². The Morgan fingerprint density at radius 2 is 1.53 bits per heavy atom. The van der Waals surface area contributed by atoms with Crippen LogP contribution in [0.5, 0.6) is 0 Å². The summed E-state index contributed by atoms with van der Waals surface area (Å²) in [5.41, 5.74) is 3.88. The molecule has 246 valence electrons. The molecule has 3 saturated carbocycles. The zero-order chi connectivity index (χ0) is 32.2. The van der Waals surface area contributed by atoms with Crippen molar-refractivity contribution < 1.29 is 18.1 Å². The predicted molar refractivity (Wildman–Crippen MR) is 188 cm³/mol. The summed E-state index contributed by atoms with van der Waals surface area (Å²) in [5.74, 6) is 3.93. The van der Waals surface area contributed by atoms with Crippen molar-refractivity contribution in [2.24, 2.45) is 40.4 Å². The molecular formula is C36H66O4Si3. The molecule has 4 aliphatic carbocycles. The molecule has 0 saturated heterocycles. The summed E-state index contributed by atoms with van der Waals surface area (Å²) < 4.78 is 19.5. The van der Waals surface area contributed by atoms with E-state index in [1.807, 2.05) is 0 Å². The van der Waals surface area contributed by atoms with Gasteiger partial charge in [0.05, 0.1) is 5.92 Å². The van der Waals surface area contributed by atoms with E-state index in [0.29, 0.717) is 29.3 Å². The van der Waals surface area contributed by atoms with E-state index in [0.717, 1.165) is 25.2 Å². The van der Waals surface area contributed by atoms with Gasteiger partial charge in [0.2, 0.25) is 16.6 Å². The Labute approximate surface area is 268 Å². The van der Waals surface area contributed by atoms with Crippen molar-refractivity contribution in [2.75, 3.05) is 0 Å². The maximum absolute atomic E-state index is 12.6. The third kappa shape index (κ3) is 8.02.